The van der Waals surface area contributed by atoms with Crippen LogP contribution in [0.4, 0.5) is 5.82 Å². The Kier molecular flexibility index (Phi) is 12.0. The minimum Gasteiger partial charge on any atom is -0.482 e. The summed E-state index contributed by atoms with van der Waals surface area (Å²) < 4.78 is 5.67. The smallest absolute Gasteiger partial charge is 0.180 e. The molecule has 0 amide bonds. The lowest BCUT2D eigenvalue weighted by molar-refractivity contribution is 0.283. The number of fused-ring (bicyclic) bond motifs is 1. The Morgan fingerprint density at radius 1 is 1.03 bits per heavy atom. The third-order valence-electron chi connectivity index (χ3n) is 4.04. The standard InChI is InChI=1S/C15H14N4O.C6H14O.C2H6/c1-10-18-8-14(15(16)19-10)20-9-13-12-5-3-2-4-11(12)6-7-17-13;1-2-3-4-5-6-7;1-2/h2-8H,9H2,1H3,(H2,16,18,19);7H,2-6H2,1H3;1-2H3. The molecule has 0 aliphatic rings. The van der Waals surface area contributed by atoms with Gasteiger partial charge in [-0.25, -0.2) is 9.97 Å². The molecule has 2 heterocycles. The molecule has 0 aliphatic carbocycles. The highest BCUT2D eigenvalue weighted by molar-refractivity contribution is 5.84. The maximum absolute atomic E-state index is 8.29. The van der Waals surface area contributed by atoms with Crippen molar-refractivity contribution in [1.29, 1.82) is 0 Å². The van der Waals surface area contributed by atoms with Crippen LogP contribution in [-0.2, 0) is 6.61 Å². The highest BCUT2D eigenvalue weighted by atomic mass is 16.5. The van der Waals surface area contributed by atoms with Gasteiger partial charge in [0.2, 0.25) is 0 Å². The largest absolute Gasteiger partial charge is 0.482 e. The number of unbranched alkanes of at least 4 members (excludes halogenated alkanes) is 3. The van der Waals surface area contributed by atoms with Crippen molar-refractivity contribution < 1.29 is 9.84 Å². The van der Waals surface area contributed by atoms with Crippen molar-refractivity contribution in [3.05, 3.63) is 54.2 Å². The number of nitrogens with two attached hydrogens (primary N) is 1. The maximum Gasteiger partial charge on any atom is 0.180 e. The summed E-state index contributed by atoms with van der Waals surface area (Å²) in [6.45, 7) is 8.64. The van der Waals surface area contributed by atoms with E-state index in [4.69, 9.17) is 15.6 Å². The molecule has 3 aromatic rings. The van der Waals surface area contributed by atoms with E-state index in [1.165, 1.54) is 19.3 Å². The molecule has 0 aliphatic heterocycles. The lowest BCUT2D eigenvalue weighted by atomic mass is 10.1. The van der Waals surface area contributed by atoms with Crippen LogP contribution in [0.25, 0.3) is 10.8 Å². The first-order valence-corrected chi connectivity index (χ1v) is 10.3. The predicted octanol–water partition coefficient (Wildman–Crippen LogP) is 5.08. The number of aryl methyl sites for hydroxylation is 1. The molecule has 158 valence electrons. The number of anilines is 1. The molecule has 0 atom stereocenters. The zero-order chi connectivity index (χ0) is 21.5. The lowest BCUT2D eigenvalue weighted by Gasteiger charge is -2.09. The van der Waals surface area contributed by atoms with Gasteiger partial charge in [-0.3, -0.25) is 4.98 Å². The zero-order valence-electron chi connectivity index (χ0n) is 18.1. The van der Waals surface area contributed by atoms with Crippen LogP contribution in [0.15, 0.2) is 42.7 Å². The molecule has 0 radical (unpaired) electrons. The lowest BCUT2D eigenvalue weighted by Crippen LogP contribution is -2.04. The third-order valence-corrected chi connectivity index (χ3v) is 4.04. The molecule has 0 saturated carbocycles. The summed E-state index contributed by atoms with van der Waals surface area (Å²) in [7, 11) is 0. The molecule has 1 aromatic carbocycles. The van der Waals surface area contributed by atoms with Crippen molar-refractivity contribution in [2.75, 3.05) is 12.3 Å². The van der Waals surface area contributed by atoms with Crippen molar-refractivity contribution in [2.45, 2.75) is 60.0 Å². The molecule has 0 spiro atoms. The van der Waals surface area contributed by atoms with E-state index in [0.29, 0.717) is 30.6 Å². The van der Waals surface area contributed by atoms with E-state index in [1.807, 2.05) is 44.2 Å². The van der Waals surface area contributed by atoms with Gasteiger partial charge in [0, 0.05) is 18.2 Å². The van der Waals surface area contributed by atoms with Crippen molar-refractivity contribution in [2.24, 2.45) is 0 Å². The molecule has 29 heavy (non-hydrogen) atoms. The molecule has 0 fully saturated rings. The van der Waals surface area contributed by atoms with Crippen LogP contribution in [0, 0.1) is 6.92 Å². The number of pyridine rings is 1. The molecule has 2 aromatic heterocycles. The van der Waals surface area contributed by atoms with Gasteiger partial charge < -0.3 is 15.6 Å². The third kappa shape index (κ3) is 8.44. The van der Waals surface area contributed by atoms with Gasteiger partial charge in [0.15, 0.2) is 11.6 Å². The fourth-order valence-corrected chi connectivity index (χ4v) is 2.57. The predicted molar refractivity (Wildman–Crippen MR) is 120 cm³/mol. The van der Waals surface area contributed by atoms with Crippen molar-refractivity contribution >= 4 is 16.6 Å². The number of aliphatic hydroxyl groups excluding tert-OH is 1. The molecule has 6 heteroatoms. The number of nitrogens with zero attached hydrogens (tertiary/aromatic N) is 3. The van der Waals surface area contributed by atoms with Crippen molar-refractivity contribution in [3.63, 3.8) is 0 Å². The molecule has 0 saturated heterocycles. The van der Waals surface area contributed by atoms with Crippen LogP contribution in [0.3, 0.4) is 0 Å². The number of hydrogen-bond acceptors (Lipinski definition) is 6. The van der Waals surface area contributed by atoms with Crippen LogP contribution in [0.1, 0.15) is 58.0 Å². The first-order chi connectivity index (χ1) is 14.2. The molecule has 0 bridgehead atoms. The van der Waals surface area contributed by atoms with E-state index < -0.39 is 0 Å². The van der Waals surface area contributed by atoms with E-state index in [9.17, 15) is 0 Å². The number of ether oxygens (including phenoxy) is 1. The van der Waals surface area contributed by atoms with Gasteiger partial charge in [0.25, 0.3) is 0 Å². The van der Waals surface area contributed by atoms with E-state index in [0.717, 1.165) is 22.9 Å². The van der Waals surface area contributed by atoms with Gasteiger partial charge in [-0.15, -0.1) is 0 Å². The van der Waals surface area contributed by atoms with E-state index in [-0.39, 0.29) is 0 Å². The Hall–Kier alpha value is -2.73. The Balaban J connectivity index is 0.000000399. The van der Waals surface area contributed by atoms with Crippen LogP contribution in [0.5, 0.6) is 5.75 Å². The first-order valence-electron chi connectivity index (χ1n) is 10.3. The zero-order valence-corrected chi connectivity index (χ0v) is 18.1. The van der Waals surface area contributed by atoms with Crippen LogP contribution < -0.4 is 10.5 Å². The normalized spacial score (nSPS) is 9.83. The molecule has 6 nitrogen and oxygen atoms in total. The summed E-state index contributed by atoms with van der Waals surface area (Å²) in [5.41, 5.74) is 6.67. The summed E-state index contributed by atoms with van der Waals surface area (Å²) in [4.78, 5) is 12.5. The summed E-state index contributed by atoms with van der Waals surface area (Å²) in [5, 5.41) is 10.5. The number of nitrogen functional groups attached to an aromatic ring is 1. The molecule has 3 rings (SSSR count). The molecular formula is C23H34N4O2. The number of benzene rings is 1. The average Bonchev–Trinajstić information content (AvgIpc) is 2.75. The summed E-state index contributed by atoms with van der Waals surface area (Å²) in [6.07, 6.45) is 8.04. The molecular weight excluding hydrogens is 364 g/mol. The Labute approximate surface area is 174 Å². The summed E-state index contributed by atoms with van der Waals surface area (Å²) in [6, 6.07) is 10.0. The molecule has 3 N–H and O–H groups in total. The monoisotopic (exact) mass is 398 g/mol. The highest BCUT2D eigenvalue weighted by Gasteiger charge is 2.06. The van der Waals surface area contributed by atoms with Crippen LogP contribution in [0.2, 0.25) is 0 Å². The summed E-state index contributed by atoms with van der Waals surface area (Å²) >= 11 is 0. The quantitative estimate of drug-likeness (QED) is 0.539. The number of hydrogen-bond donors (Lipinski definition) is 2. The van der Waals surface area contributed by atoms with Gasteiger partial charge >= 0.3 is 0 Å². The van der Waals surface area contributed by atoms with Crippen molar-refractivity contribution in [3.8, 4) is 5.75 Å². The maximum atomic E-state index is 8.29. The second kappa shape index (κ2) is 14.3. The minimum absolute atomic E-state index is 0.331. The topological polar surface area (TPSA) is 94.2 Å². The SMILES string of the molecule is CC.CCCCCCO.Cc1ncc(OCc2nccc3ccccc23)c(N)n1. The van der Waals surface area contributed by atoms with Gasteiger partial charge in [-0.05, 0) is 24.8 Å². The Morgan fingerprint density at radius 3 is 2.48 bits per heavy atom. The summed E-state index contributed by atoms with van der Waals surface area (Å²) in [5.74, 6) is 1.45. The first kappa shape index (κ1) is 24.3. The number of rotatable bonds is 7. The van der Waals surface area contributed by atoms with E-state index >= 15 is 0 Å². The minimum atomic E-state index is 0.331. The van der Waals surface area contributed by atoms with Gasteiger partial charge in [0.05, 0.1) is 11.9 Å². The second-order valence-electron chi connectivity index (χ2n) is 6.22. The molecule has 0 unspecified atom stereocenters. The Morgan fingerprint density at radius 2 is 1.79 bits per heavy atom. The van der Waals surface area contributed by atoms with Gasteiger partial charge in [-0.2, -0.15) is 0 Å². The number of aliphatic hydroxyl groups is 1. The van der Waals surface area contributed by atoms with Crippen LogP contribution in [-0.4, -0.2) is 26.7 Å². The van der Waals surface area contributed by atoms with E-state index in [1.54, 1.807) is 19.3 Å². The number of aromatic nitrogens is 3. The van der Waals surface area contributed by atoms with Gasteiger partial charge in [-0.1, -0.05) is 64.3 Å². The van der Waals surface area contributed by atoms with Crippen LogP contribution >= 0.6 is 0 Å². The fourth-order valence-electron chi connectivity index (χ4n) is 2.57. The van der Waals surface area contributed by atoms with Gasteiger partial charge in [0.1, 0.15) is 12.4 Å². The average molecular weight is 399 g/mol. The van der Waals surface area contributed by atoms with E-state index in [2.05, 4.69) is 21.9 Å². The Bertz CT molecular complexity index is 831. The second-order valence-corrected chi connectivity index (χ2v) is 6.22. The van der Waals surface area contributed by atoms with Crippen molar-refractivity contribution in [1.82, 2.24) is 15.0 Å². The highest BCUT2D eigenvalue weighted by Crippen LogP contribution is 2.21. The fraction of sp³-hybridized carbons (Fsp3) is 0.435.